The summed E-state index contributed by atoms with van der Waals surface area (Å²) in [6, 6.07) is 0. The molecule has 0 radical (unpaired) electrons. The number of allylic oxidation sites excluding steroid dienone is 4. The lowest BCUT2D eigenvalue weighted by Gasteiger charge is -2.02. The molecule has 0 atom stereocenters. The molecule has 0 rings (SSSR count). The Morgan fingerprint density at radius 2 is 1.83 bits per heavy atom. The molecule has 0 saturated carbocycles. The van der Waals surface area contributed by atoms with Crippen molar-refractivity contribution in [2.45, 2.75) is 40.5 Å². The van der Waals surface area contributed by atoms with Gasteiger partial charge in [-0.1, -0.05) is 58.1 Å². The minimum Gasteiger partial charge on any atom is -0.0991 e. The van der Waals surface area contributed by atoms with Gasteiger partial charge < -0.3 is 0 Å². The molecule has 0 aromatic rings. The van der Waals surface area contributed by atoms with Crippen molar-refractivity contribution >= 4 is 0 Å². The van der Waals surface area contributed by atoms with Crippen molar-refractivity contribution in [3.8, 4) is 0 Å². The van der Waals surface area contributed by atoms with Crippen LogP contribution in [0, 0.1) is 0 Å². The first kappa shape index (κ1) is 13.8. The molecule has 0 saturated heterocycles. The molecular formula is C12H22. The fraction of sp³-hybridized carbons (Fsp3) is 0.500. The van der Waals surface area contributed by atoms with Crippen molar-refractivity contribution in [1.29, 1.82) is 0 Å². The predicted octanol–water partition coefficient (Wildman–Crippen LogP) is 4.50. The van der Waals surface area contributed by atoms with Crippen molar-refractivity contribution in [1.82, 2.24) is 0 Å². The highest BCUT2D eigenvalue weighted by Crippen LogP contribution is 2.12. The summed E-state index contributed by atoms with van der Waals surface area (Å²) in [5.41, 5.74) is 2.47. The maximum atomic E-state index is 3.88. The summed E-state index contributed by atoms with van der Waals surface area (Å²) in [7, 11) is 0. The molecule has 0 heterocycles. The van der Waals surface area contributed by atoms with Gasteiger partial charge in [0.05, 0.1) is 0 Å². The molecule has 0 unspecified atom stereocenters. The normalized spacial score (nSPS) is 9.83. The molecule has 0 spiro atoms. The van der Waals surface area contributed by atoms with Crippen LogP contribution in [0.1, 0.15) is 40.5 Å². The van der Waals surface area contributed by atoms with E-state index in [1.165, 1.54) is 12.0 Å². The van der Waals surface area contributed by atoms with Crippen LogP contribution in [0.4, 0.5) is 0 Å². The number of hydrogen-bond donors (Lipinski definition) is 0. The highest BCUT2D eigenvalue weighted by atomic mass is 14.0. The van der Waals surface area contributed by atoms with Gasteiger partial charge in [0.2, 0.25) is 0 Å². The van der Waals surface area contributed by atoms with Gasteiger partial charge in [-0.25, -0.2) is 0 Å². The topological polar surface area (TPSA) is 0 Å². The Bertz CT molecular complexity index is 149. The van der Waals surface area contributed by atoms with E-state index in [0.717, 1.165) is 12.0 Å². The Morgan fingerprint density at radius 1 is 1.33 bits per heavy atom. The molecule has 0 amide bonds. The summed E-state index contributed by atoms with van der Waals surface area (Å²) in [5, 5.41) is 0. The summed E-state index contributed by atoms with van der Waals surface area (Å²) in [6.45, 7) is 15.7. The number of hydrogen-bond acceptors (Lipinski definition) is 0. The molecule has 0 aromatic carbocycles. The maximum Gasteiger partial charge on any atom is -0.0279 e. The Kier molecular flexibility index (Phi) is 11.7. The smallest absolute Gasteiger partial charge is 0.0279 e. The minimum absolute atomic E-state index is 1.11. The average molecular weight is 166 g/mol. The van der Waals surface area contributed by atoms with E-state index < -0.39 is 0 Å². The van der Waals surface area contributed by atoms with Crippen molar-refractivity contribution in [2.24, 2.45) is 0 Å². The van der Waals surface area contributed by atoms with Gasteiger partial charge >= 0.3 is 0 Å². The molecule has 0 aliphatic rings. The lowest BCUT2D eigenvalue weighted by molar-refractivity contribution is 0.913. The molecule has 0 fully saturated rings. The zero-order valence-electron chi connectivity index (χ0n) is 8.98. The van der Waals surface area contributed by atoms with Gasteiger partial charge in [0.25, 0.3) is 0 Å². The molecule has 0 aliphatic heterocycles. The fourth-order valence-electron chi connectivity index (χ4n) is 0.851. The van der Waals surface area contributed by atoms with Crippen LogP contribution in [0.15, 0.2) is 36.5 Å². The first-order valence-electron chi connectivity index (χ1n) is 4.69. The van der Waals surface area contributed by atoms with Gasteiger partial charge in [-0.3, -0.25) is 0 Å². The second-order valence-electron chi connectivity index (χ2n) is 2.46. The Morgan fingerprint density at radius 3 is 2.08 bits per heavy atom. The molecule has 0 N–H and O–H groups in total. The van der Waals surface area contributed by atoms with E-state index in [4.69, 9.17) is 0 Å². The van der Waals surface area contributed by atoms with Crippen molar-refractivity contribution in [2.75, 3.05) is 0 Å². The van der Waals surface area contributed by atoms with Crippen LogP contribution in [-0.4, -0.2) is 0 Å². The zero-order valence-corrected chi connectivity index (χ0v) is 8.98. The Labute approximate surface area is 77.7 Å². The van der Waals surface area contributed by atoms with Crippen LogP contribution in [0.5, 0.6) is 0 Å². The third kappa shape index (κ3) is 7.33. The van der Waals surface area contributed by atoms with Gasteiger partial charge in [-0.2, -0.15) is 0 Å². The van der Waals surface area contributed by atoms with E-state index in [1.54, 1.807) is 0 Å². The van der Waals surface area contributed by atoms with Crippen LogP contribution >= 0.6 is 0 Å². The van der Waals surface area contributed by atoms with Gasteiger partial charge in [0.15, 0.2) is 0 Å². The van der Waals surface area contributed by atoms with Crippen LogP contribution in [0.2, 0.25) is 0 Å². The molecule has 0 aromatic heterocycles. The van der Waals surface area contributed by atoms with E-state index in [0.29, 0.717) is 0 Å². The first-order valence-corrected chi connectivity index (χ1v) is 4.69. The maximum absolute atomic E-state index is 3.88. The highest BCUT2D eigenvalue weighted by molar-refractivity contribution is 5.29. The zero-order chi connectivity index (χ0) is 9.98. The molecule has 0 aliphatic carbocycles. The summed E-state index contributed by atoms with van der Waals surface area (Å²) in [4.78, 5) is 0. The van der Waals surface area contributed by atoms with Gasteiger partial charge in [0, 0.05) is 0 Å². The van der Waals surface area contributed by atoms with E-state index in [2.05, 4.69) is 20.1 Å². The first-order chi connectivity index (χ1) is 5.72. The second kappa shape index (κ2) is 10.2. The second-order valence-corrected chi connectivity index (χ2v) is 2.46. The Hall–Kier alpha value is -0.780. The van der Waals surface area contributed by atoms with Crippen molar-refractivity contribution < 1.29 is 0 Å². The lowest BCUT2D eigenvalue weighted by atomic mass is 10.0. The quantitative estimate of drug-likeness (QED) is 0.539. The van der Waals surface area contributed by atoms with Crippen LogP contribution in [-0.2, 0) is 0 Å². The van der Waals surface area contributed by atoms with Crippen molar-refractivity contribution in [3.63, 3.8) is 0 Å². The van der Waals surface area contributed by atoms with Crippen LogP contribution in [0.25, 0.3) is 0 Å². The largest absolute Gasteiger partial charge is 0.0991 e. The predicted molar refractivity (Wildman–Crippen MR) is 59.4 cm³/mol. The summed E-state index contributed by atoms with van der Waals surface area (Å²) in [6.07, 6.45) is 6.14. The third-order valence-electron chi connectivity index (χ3n) is 1.39. The van der Waals surface area contributed by atoms with E-state index in [9.17, 15) is 0 Å². The summed E-state index contributed by atoms with van der Waals surface area (Å²) < 4.78 is 0. The Balaban J connectivity index is 0. The van der Waals surface area contributed by atoms with Gasteiger partial charge in [0.1, 0.15) is 0 Å². The van der Waals surface area contributed by atoms with E-state index >= 15 is 0 Å². The van der Waals surface area contributed by atoms with Gasteiger partial charge in [-0.05, 0) is 18.9 Å². The molecule has 0 bridgehead atoms. The SMILES string of the molecule is C=C/C=C(\CCC)C(=C)C.CC. The lowest BCUT2D eigenvalue weighted by Crippen LogP contribution is -1.82. The van der Waals surface area contributed by atoms with E-state index in [-0.39, 0.29) is 0 Å². The van der Waals surface area contributed by atoms with Crippen LogP contribution < -0.4 is 0 Å². The van der Waals surface area contributed by atoms with Crippen LogP contribution in [0.3, 0.4) is 0 Å². The summed E-state index contributed by atoms with van der Waals surface area (Å²) >= 11 is 0. The fourth-order valence-corrected chi connectivity index (χ4v) is 0.851. The van der Waals surface area contributed by atoms with Crippen molar-refractivity contribution in [3.05, 3.63) is 36.5 Å². The molecule has 70 valence electrons. The molecule has 12 heavy (non-hydrogen) atoms. The highest BCUT2D eigenvalue weighted by Gasteiger charge is 1.93. The monoisotopic (exact) mass is 166 g/mol. The minimum atomic E-state index is 1.11. The molecule has 0 nitrogen and oxygen atoms in total. The van der Waals surface area contributed by atoms with Gasteiger partial charge in [-0.15, -0.1) is 0 Å². The third-order valence-corrected chi connectivity index (χ3v) is 1.39. The molecule has 0 heteroatoms. The molecular weight excluding hydrogens is 144 g/mol. The van der Waals surface area contributed by atoms with E-state index in [1.807, 2.05) is 32.9 Å². The standard InChI is InChI=1S/C10H16.C2H6/c1-5-7-10(8-6-2)9(3)4;1-2/h5,7H,1,3,6,8H2,2,4H3;1-2H3/b10-7+;. The number of rotatable bonds is 4. The average Bonchev–Trinajstić information content (AvgIpc) is 2.08. The summed E-state index contributed by atoms with van der Waals surface area (Å²) in [5.74, 6) is 0.